The highest BCUT2D eigenvalue weighted by molar-refractivity contribution is 5.93. The number of nitrogens with zero attached hydrogens (tertiary/aromatic N) is 2. The average molecular weight is 379 g/mol. The van der Waals surface area contributed by atoms with Crippen LogP contribution in [0.5, 0.6) is 0 Å². The van der Waals surface area contributed by atoms with Gasteiger partial charge in [-0.15, -0.1) is 0 Å². The number of hydrogen-bond donors (Lipinski definition) is 2. The SMILES string of the molecule is CCOC(=O)C1=C(CN2CCC(CN3CCCCCC3)CC2)NC(=O)NC1. The van der Waals surface area contributed by atoms with Crippen molar-refractivity contribution in [3.05, 3.63) is 11.3 Å². The zero-order valence-corrected chi connectivity index (χ0v) is 16.6. The predicted molar refractivity (Wildman–Crippen MR) is 104 cm³/mol. The fourth-order valence-electron chi connectivity index (χ4n) is 4.32. The summed E-state index contributed by atoms with van der Waals surface area (Å²) in [6.45, 7) is 8.76. The lowest BCUT2D eigenvalue weighted by Crippen LogP contribution is -2.48. The highest BCUT2D eigenvalue weighted by Crippen LogP contribution is 2.21. The highest BCUT2D eigenvalue weighted by Gasteiger charge is 2.27. The molecule has 3 rings (SSSR count). The molecule has 2 saturated heterocycles. The van der Waals surface area contributed by atoms with Crippen molar-refractivity contribution in [2.45, 2.75) is 45.4 Å². The van der Waals surface area contributed by atoms with E-state index in [1.165, 1.54) is 58.2 Å². The van der Waals surface area contributed by atoms with Crippen LogP contribution in [0.15, 0.2) is 11.3 Å². The lowest BCUT2D eigenvalue weighted by atomic mass is 9.95. The summed E-state index contributed by atoms with van der Waals surface area (Å²) in [4.78, 5) is 28.9. The number of nitrogens with one attached hydrogen (secondary N) is 2. The van der Waals surface area contributed by atoms with E-state index in [1.54, 1.807) is 6.92 Å². The predicted octanol–water partition coefficient (Wildman–Crippen LogP) is 1.70. The van der Waals surface area contributed by atoms with Crippen molar-refractivity contribution in [1.82, 2.24) is 20.4 Å². The van der Waals surface area contributed by atoms with Crippen LogP contribution in [-0.2, 0) is 9.53 Å². The zero-order valence-electron chi connectivity index (χ0n) is 16.6. The van der Waals surface area contributed by atoms with Crippen LogP contribution in [0.4, 0.5) is 4.79 Å². The number of urea groups is 1. The Morgan fingerprint density at radius 3 is 2.44 bits per heavy atom. The summed E-state index contributed by atoms with van der Waals surface area (Å²) in [7, 11) is 0. The molecule has 2 amide bonds. The topological polar surface area (TPSA) is 73.9 Å². The van der Waals surface area contributed by atoms with Crippen molar-refractivity contribution >= 4 is 12.0 Å². The fourth-order valence-corrected chi connectivity index (χ4v) is 4.32. The maximum atomic E-state index is 12.2. The van der Waals surface area contributed by atoms with Gasteiger partial charge in [-0.05, 0) is 64.7 Å². The molecular formula is C20H34N4O3. The quantitative estimate of drug-likeness (QED) is 0.689. The molecule has 0 atom stereocenters. The van der Waals surface area contributed by atoms with Gasteiger partial charge in [-0.1, -0.05) is 12.8 Å². The largest absolute Gasteiger partial charge is 0.463 e. The minimum absolute atomic E-state index is 0.241. The van der Waals surface area contributed by atoms with Crippen molar-refractivity contribution in [2.75, 3.05) is 52.4 Å². The van der Waals surface area contributed by atoms with Gasteiger partial charge in [0.05, 0.1) is 18.7 Å². The van der Waals surface area contributed by atoms with Gasteiger partial charge in [0, 0.05) is 18.8 Å². The van der Waals surface area contributed by atoms with Gasteiger partial charge in [-0.3, -0.25) is 4.90 Å². The molecule has 0 aromatic rings. The Morgan fingerprint density at radius 2 is 1.78 bits per heavy atom. The molecule has 2 N–H and O–H groups in total. The second kappa shape index (κ2) is 10.1. The molecule has 0 spiro atoms. The first kappa shape index (κ1) is 20.1. The van der Waals surface area contributed by atoms with E-state index in [-0.39, 0.29) is 18.5 Å². The molecule has 0 aromatic carbocycles. The van der Waals surface area contributed by atoms with Crippen molar-refractivity contribution in [1.29, 1.82) is 0 Å². The van der Waals surface area contributed by atoms with E-state index in [4.69, 9.17) is 4.74 Å². The van der Waals surface area contributed by atoms with E-state index >= 15 is 0 Å². The van der Waals surface area contributed by atoms with Crippen LogP contribution in [-0.4, -0.2) is 74.2 Å². The van der Waals surface area contributed by atoms with Crippen molar-refractivity contribution in [3.8, 4) is 0 Å². The summed E-state index contributed by atoms with van der Waals surface area (Å²) in [5.74, 6) is 0.427. The number of amides is 2. The average Bonchev–Trinajstić information content (AvgIpc) is 2.92. The molecular weight excluding hydrogens is 344 g/mol. The van der Waals surface area contributed by atoms with Crippen LogP contribution in [0.1, 0.15) is 45.4 Å². The first-order chi connectivity index (χ1) is 13.2. The van der Waals surface area contributed by atoms with Gasteiger partial charge >= 0.3 is 12.0 Å². The Morgan fingerprint density at radius 1 is 1.07 bits per heavy atom. The van der Waals surface area contributed by atoms with Gasteiger partial charge in [-0.2, -0.15) is 0 Å². The Balaban J connectivity index is 1.50. The molecule has 27 heavy (non-hydrogen) atoms. The maximum Gasteiger partial charge on any atom is 0.337 e. The van der Waals surface area contributed by atoms with E-state index in [2.05, 4.69) is 20.4 Å². The first-order valence-corrected chi connectivity index (χ1v) is 10.5. The Hall–Kier alpha value is -1.60. The summed E-state index contributed by atoms with van der Waals surface area (Å²) >= 11 is 0. The Bertz CT molecular complexity index is 547. The zero-order chi connectivity index (χ0) is 19.1. The standard InChI is InChI=1S/C20H34N4O3/c1-2-27-19(25)17-13-21-20(26)22-18(17)15-24-11-7-16(8-12-24)14-23-9-5-3-4-6-10-23/h16H,2-15H2,1H3,(H2,21,22,26). The smallest absolute Gasteiger partial charge is 0.337 e. The number of carbonyl (C=O) groups excluding carboxylic acids is 2. The monoisotopic (exact) mass is 378 g/mol. The summed E-state index contributed by atoms with van der Waals surface area (Å²) in [6, 6.07) is -0.242. The van der Waals surface area contributed by atoms with Gasteiger partial charge in [0.25, 0.3) is 0 Å². The summed E-state index contributed by atoms with van der Waals surface area (Å²) in [6.07, 6.45) is 7.82. The molecule has 0 saturated carbocycles. The van der Waals surface area contributed by atoms with E-state index < -0.39 is 0 Å². The molecule has 0 aliphatic carbocycles. The molecule has 0 bridgehead atoms. The van der Waals surface area contributed by atoms with Gasteiger partial charge in [0.2, 0.25) is 0 Å². The lowest BCUT2D eigenvalue weighted by Gasteiger charge is -2.35. The third-order valence-corrected chi connectivity index (χ3v) is 5.88. The van der Waals surface area contributed by atoms with Gasteiger partial charge in [0.1, 0.15) is 0 Å². The van der Waals surface area contributed by atoms with Gasteiger partial charge in [0.15, 0.2) is 0 Å². The van der Waals surface area contributed by atoms with Crippen LogP contribution in [0, 0.1) is 5.92 Å². The minimum atomic E-state index is -0.337. The van der Waals surface area contributed by atoms with Crippen molar-refractivity contribution in [2.24, 2.45) is 5.92 Å². The van der Waals surface area contributed by atoms with E-state index in [1.807, 2.05) is 0 Å². The van der Waals surface area contributed by atoms with Gasteiger partial charge in [-0.25, -0.2) is 9.59 Å². The number of piperidine rings is 1. The van der Waals surface area contributed by atoms with Crippen molar-refractivity contribution in [3.63, 3.8) is 0 Å². The third kappa shape index (κ3) is 5.94. The van der Waals surface area contributed by atoms with E-state index in [9.17, 15) is 9.59 Å². The molecule has 0 radical (unpaired) electrons. The highest BCUT2D eigenvalue weighted by atomic mass is 16.5. The molecule has 0 aromatic heterocycles. The number of carbonyl (C=O) groups is 2. The number of likely N-dealkylation sites (tertiary alicyclic amines) is 2. The summed E-state index contributed by atoms with van der Waals surface area (Å²) in [5.41, 5.74) is 1.24. The van der Waals surface area contributed by atoms with Crippen LogP contribution in [0.2, 0.25) is 0 Å². The molecule has 7 heteroatoms. The Labute approximate surface area is 162 Å². The first-order valence-electron chi connectivity index (χ1n) is 10.5. The Kier molecular flexibility index (Phi) is 7.52. The number of rotatable bonds is 6. The summed E-state index contributed by atoms with van der Waals surface area (Å²) in [5, 5.41) is 5.48. The van der Waals surface area contributed by atoms with Crippen LogP contribution in [0.3, 0.4) is 0 Å². The number of ether oxygens (including phenoxy) is 1. The molecule has 3 aliphatic rings. The maximum absolute atomic E-state index is 12.2. The number of esters is 1. The second-order valence-electron chi connectivity index (χ2n) is 7.92. The molecule has 2 fully saturated rings. The van der Waals surface area contributed by atoms with Crippen LogP contribution in [0.25, 0.3) is 0 Å². The van der Waals surface area contributed by atoms with Crippen LogP contribution < -0.4 is 10.6 Å². The fraction of sp³-hybridized carbons (Fsp3) is 0.800. The summed E-state index contributed by atoms with van der Waals surface area (Å²) < 4.78 is 5.14. The van der Waals surface area contributed by atoms with Gasteiger partial charge < -0.3 is 20.3 Å². The third-order valence-electron chi connectivity index (χ3n) is 5.88. The molecule has 3 aliphatic heterocycles. The second-order valence-corrected chi connectivity index (χ2v) is 7.92. The van der Waals surface area contributed by atoms with E-state index in [0.717, 1.165) is 19.0 Å². The lowest BCUT2D eigenvalue weighted by molar-refractivity contribution is -0.138. The normalized spacial score (nSPS) is 23.5. The van der Waals surface area contributed by atoms with Crippen LogP contribution >= 0.6 is 0 Å². The minimum Gasteiger partial charge on any atom is -0.463 e. The number of hydrogen-bond acceptors (Lipinski definition) is 5. The molecule has 0 unspecified atom stereocenters. The molecule has 7 nitrogen and oxygen atoms in total. The molecule has 3 heterocycles. The molecule has 152 valence electrons. The van der Waals surface area contributed by atoms with Crippen molar-refractivity contribution < 1.29 is 14.3 Å². The van der Waals surface area contributed by atoms with E-state index in [0.29, 0.717) is 24.4 Å².